The number of benzene rings is 2. The van der Waals surface area contributed by atoms with Crippen LogP contribution in [-0.2, 0) is 12.8 Å². The van der Waals surface area contributed by atoms with Gasteiger partial charge in [0.15, 0.2) is 0 Å². The molecule has 2 aromatic carbocycles. The third-order valence-electron chi connectivity index (χ3n) is 3.67. The van der Waals surface area contributed by atoms with Gasteiger partial charge in [-0.1, -0.05) is 30.3 Å². The highest BCUT2D eigenvalue weighted by molar-refractivity contribution is 5.23. The van der Waals surface area contributed by atoms with Gasteiger partial charge in [-0.15, -0.1) is 0 Å². The molecule has 112 valence electrons. The minimum Gasteiger partial charge on any atom is -0.396 e. The average molecular weight is 292 g/mol. The molecule has 0 saturated carbocycles. The van der Waals surface area contributed by atoms with Gasteiger partial charge in [-0.05, 0) is 42.2 Å². The van der Waals surface area contributed by atoms with Gasteiger partial charge in [0, 0.05) is 5.41 Å². The molecule has 0 aliphatic carbocycles. The van der Waals surface area contributed by atoms with Crippen LogP contribution in [-0.4, -0.2) is 23.4 Å². The molecule has 2 rings (SSSR count). The quantitative estimate of drug-likeness (QED) is 0.859. The molecule has 0 atom stereocenters. The number of halogens is 2. The second-order valence-corrected chi connectivity index (χ2v) is 5.39. The second-order valence-electron chi connectivity index (χ2n) is 5.39. The van der Waals surface area contributed by atoms with E-state index in [1.807, 2.05) is 30.3 Å². The Morgan fingerprint density at radius 2 is 1.52 bits per heavy atom. The van der Waals surface area contributed by atoms with Crippen LogP contribution in [0.4, 0.5) is 8.78 Å². The molecule has 4 heteroatoms. The van der Waals surface area contributed by atoms with E-state index in [2.05, 4.69) is 0 Å². The van der Waals surface area contributed by atoms with E-state index in [1.54, 1.807) is 0 Å². The van der Waals surface area contributed by atoms with Crippen LogP contribution in [0.3, 0.4) is 0 Å². The minimum atomic E-state index is -0.921. The fraction of sp³-hybridized carbons (Fsp3) is 0.294. The summed E-state index contributed by atoms with van der Waals surface area (Å²) in [4.78, 5) is 0. The normalized spacial score (nSPS) is 11.6. The maximum absolute atomic E-state index is 13.8. The molecule has 0 unspecified atom stereocenters. The zero-order valence-electron chi connectivity index (χ0n) is 11.6. The maximum Gasteiger partial charge on any atom is 0.126 e. The van der Waals surface area contributed by atoms with Crippen LogP contribution < -0.4 is 0 Å². The number of hydrogen-bond acceptors (Lipinski definition) is 2. The van der Waals surface area contributed by atoms with Crippen LogP contribution in [0.25, 0.3) is 0 Å². The van der Waals surface area contributed by atoms with Crippen molar-refractivity contribution < 1.29 is 19.0 Å². The second kappa shape index (κ2) is 6.78. The number of rotatable bonds is 6. The zero-order valence-corrected chi connectivity index (χ0v) is 11.6. The fourth-order valence-electron chi connectivity index (χ4n) is 2.45. The highest BCUT2D eigenvalue weighted by Gasteiger charge is 2.30. The molecular formula is C17H18F2O2. The van der Waals surface area contributed by atoms with Crippen LogP contribution in [0.15, 0.2) is 48.5 Å². The Balaban J connectivity index is 2.27. The SMILES string of the molecule is OCC(CO)(Cc1ccccc1)Cc1cc(F)ccc1F. The summed E-state index contributed by atoms with van der Waals surface area (Å²) in [5.41, 5.74) is 0.169. The molecule has 0 radical (unpaired) electrons. The van der Waals surface area contributed by atoms with E-state index in [9.17, 15) is 19.0 Å². The summed E-state index contributed by atoms with van der Waals surface area (Å²) < 4.78 is 27.0. The van der Waals surface area contributed by atoms with Crippen molar-refractivity contribution in [1.29, 1.82) is 0 Å². The Kier molecular flexibility index (Phi) is 5.04. The van der Waals surface area contributed by atoms with Crippen molar-refractivity contribution in [3.63, 3.8) is 0 Å². The van der Waals surface area contributed by atoms with Crippen molar-refractivity contribution in [3.05, 3.63) is 71.3 Å². The largest absolute Gasteiger partial charge is 0.396 e. The van der Waals surface area contributed by atoms with Crippen molar-refractivity contribution in [3.8, 4) is 0 Å². The first kappa shape index (κ1) is 15.6. The summed E-state index contributed by atoms with van der Waals surface area (Å²) in [6.07, 6.45) is 0.454. The monoisotopic (exact) mass is 292 g/mol. The number of hydrogen-bond donors (Lipinski definition) is 2. The molecule has 0 aliphatic rings. The van der Waals surface area contributed by atoms with Gasteiger partial charge in [-0.2, -0.15) is 0 Å². The Morgan fingerprint density at radius 3 is 2.14 bits per heavy atom. The first-order valence-electron chi connectivity index (χ1n) is 6.78. The van der Waals surface area contributed by atoms with Gasteiger partial charge in [0.05, 0.1) is 13.2 Å². The van der Waals surface area contributed by atoms with Crippen molar-refractivity contribution in [2.75, 3.05) is 13.2 Å². The molecule has 0 amide bonds. The minimum absolute atomic E-state index is 0.0679. The highest BCUT2D eigenvalue weighted by Crippen LogP contribution is 2.28. The molecule has 0 bridgehead atoms. The standard InChI is InChI=1S/C17H18F2O2/c18-15-6-7-16(19)14(8-15)10-17(11-20,12-21)9-13-4-2-1-3-5-13/h1-8,20-21H,9-12H2. The highest BCUT2D eigenvalue weighted by atomic mass is 19.1. The van der Waals surface area contributed by atoms with E-state index in [4.69, 9.17) is 0 Å². The van der Waals surface area contributed by atoms with E-state index in [0.717, 1.165) is 23.8 Å². The molecule has 0 aromatic heterocycles. The molecule has 0 fully saturated rings. The first-order valence-corrected chi connectivity index (χ1v) is 6.78. The Labute approximate surface area is 122 Å². The summed E-state index contributed by atoms with van der Waals surface area (Å²) in [5.74, 6) is -1.06. The lowest BCUT2D eigenvalue weighted by atomic mass is 9.77. The first-order chi connectivity index (χ1) is 10.1. The number of aliphatic hydroxyl groups excluding tert-OH is 2. The molecule has 21 heavy (non-hydrogen) atoms. The molecule has 2 N–H and O–H groups in total. The molecule has 0 heterocycles. The third kappa shape index (κ3) is 3.86. The summed E-state index contributed by atoms with van der Waals surface area (Å²) in [7, 11) is 0. The van der Waals surface area contributed by atoms with Gasteiger partial charge in [-0.3, -0.25) is 0 Å². The summed E-state index contributed by atoms with van der Waals surface area (Å²) in [6, 6.07) is 12.6. The lowest BCUT2D eigenvalue weighted by Crippen LogP contribution is -2.35. The van der Waals surface area contributed by atoms with Crippen molar-refractivity contribution >= 4 is 0 Å². The fourth-order valence-corrected chi connectivity index (χ4v) is 2.45. The van der Waals surface area contributed by atoms with Gasteiger partial charge >= 0.3 is 0 Å². The van der Waals surface area contributed by atoms with Crippen LogP contribution in [0.5, 0.6) is 0 Å². The third-order valence-corrected chi connectivity index (χ3v) is 3.67. The molecule has 2 aromatic rings. The van der Waals surface area contributed by atoms with Gasteiger partial charge in [0.1, 0.15) is 11.6 Å². The van der Waals surface area contributed by atoms with E-state index in [-0.39, 0.29) is 25.2 Å². The van der Waals surface area contributed by atoms with Gasteiger partial charge in [0.25, 0.3) is 0 Å². The lowest BCUT2D eigenvalue weighted by molar-refractivity contribution is 0.0540. The molecule has 0 spiro atoms. The van der Waals surface area contributed by atoms with Crippen LogP contribution in [0.1, 0.15) is 11.1 Å². The summed E-state index contributed by atoms with van der Waals surface area (Å²) in [5, 5.41) is 19.4. The van der Waals surface area contributed by atoms with Crippen molar-refractivity contribution in [2.24, 2.45) is 5.41 Å². The van der Waals surface area contributed by atoms with E-state index in [0.29, 0.717) is 6.42 Å². The maximum atomic E-state index is 13.8. The van der Waals surface area contributed by atoms with Gasteiger partial charge in [0.2, 0.25) is 0 Å². The van der Waals surface area contributed by atoms with Gasteiger partial charge in [-0.25, -0.2) is 8.78 Å². The molecule has 0 aliphatic heterocycles. The summed E-state index contributed by atoms with van der Waals surface area (Å²) in [6.45, 7) is -0.622. The Bertz CT molecular complexity index is 581. The molecule has 2 nitrogen and oxygen atoms in total. The topological polar surface area (TPSA) is 40.5 Å². The summed E-state index contributed by atoms with van der Waals surface area (Å²) >= 11 is 0. The Morgan fingerprint density at radius 1 is 0.857 bits per heavy atom. The van der Waals surface area contributed by atoms with Crippen molar-refractivity contribution in [1.82, 2.24) is 0 Å². The van der Waals surface area contributed by atoms with Crippen LogP contribution >= 0.6 is 0 Å². The molecular weight excluding hydrogens is 274 g/mol. The number of aliphatic hydroxyl groups is 2. The van der Waals surface area contributed by atoms with E-state index < -0.39 is 17.0 Å². The van der Waals surface area contributed by atoms with Crippen LogP contribution in [0, 0.1) is 17.0 Å². The van der Waals surface area contributed by atoms with E-state index in [1.165, 1.54) is 0 Å². The average Bonchev–Trinajstić information content (AvgIpc) is 2.51. The van der Waals surface area contributed by atoms with Crippen LogP contribution in [0.2, 0.25) is 0 Å². The van der Waals surface area contributed by atoms with E-state index >= 15 is 0 Å². The van der Waals surface area contributed by atoms with Gasteiger partial charge < -0.3 is 10.2 Å². The predicted octanol–water partition coefficient (Wildman–Crippen LogP) is 2.72. The Hall–Kier alpha value is -1.78. The lowest BCUT2D eigenvalue weighted by Gasteiger charge is -2.30. The predicted molar refractivity (Wildman–Crippen MR) is 76.8 cm³/mol. The smallest absolute Gasteiger partial charge is 0.126 e. The van der Waals surface area contributed by atoms with Crippen molar-refractivity contribution in [2.45, 2.75) is 12.8 Å². The molecule has 0 saturated heterocycles. The zero-order chi connectivity index (χ0) is 15.3.